The van der Waals surface area contributed by atoms with Gasteiger partial charge >= 0.3 is 0 Å². The summed E-state index contributed by atoms with van der Waals surface area (Å²) in [5.74, 6) is 0. The zero-order chi connectivity index (χ0) is 28.6. The maximum absolute atomic E-state index is 7.94. The molecule has 0 aliphatic heterocycles. The van der Waals surface area contributed by atoms with Crippen molar-refractivity contribution in [2.45, 2.75) is 46.9 Å². The smallest absolute Gasteiger partial charge is 0.104 e. The quantitative estimate of drug-likeness (QED) is 0.170. The van der Waals surface area contributed by atoms with E-state index in [4.69, 9.17) is 69.6 Å². The largest absolute Gasteiger partial charge is 0.127 e. The first kappa shape index (κ1) is 30.9. The summed E-state index contributed by atoms with van der Waals surface area (Å²) < 4.78 is -2.38. The van der Waals surface area contributed by atoms with Gasteiger partial charge in [0.05, 0.1) is 0 Å². The average molecular weight is 657 g/mol. The molecule has 4 aromatic rings. The van der Waals surface area contributed by atoms with Gasteiger partial charge in [-0.3, -0.25) is 0 Å². The maximum Gasteiger partial charge on any atom is 0.127 e. The highest BCUT2D eigenvalue weighted by Gasteiger charge is 2.58. The minimum atomic E-state index is -1.19. The second kappa shape index (κ2) is 11.7. The Balaban J connectivity index is 2.05. The van der Waals surface area contributed by atoms with Crippen LogP contribution in [0.25, 0.3) is 0 Å². The minimum absolute atomic E-state index is 0.452. The normalized spacial score (nSPS) is 15.4. The Labute approximate surface area is 265 Å². The zero-order valence-electron chi connectivity index (χ0n) is 21.9. The molecule has 0 aliphatic carbocycles. The molecule has 0 aromatic heterocycles. The Morgan fingerprint density at radius 1 is 0.487 bits per heavy atom. The molecule has 0 N–H and O–H groups in total. The fourth-order valence-corrected chi connectivity index (χ4v) is 9.19. The van der Waals surface area contributed by atoms with Crippen LogP contribution in [0.5, 0.6) is 0 Å². The van der Waals surface area contributed by atoms with Gasteiger partial charge in [-0.25, -0.2) is 0 Å². The van der Waals surface area contributed by atoms with E-state index >= 15 is 0 Å². The van der Waals surface area contributed by atoms with Gasteiger partial charge in [0.25, 0.3) is 0 Å². The van der Waals surface area contributed by atoms with Crippen molar-refractivity contribution < 1.29 is 0 Å². The third-order valence-corrected chi connectivity index (χ3v) is 12.4. The van der Waals surface area contributed by atoms with E-state index in [9.17, 15) is 0 Å². The van der Waals surface area contributed by atoms with Gasteiger partial charge in [-0.1, -0.05) is 147 Å². The lowest BCUT2D eigenvalue weighted by Crippen LogP contribution is -2.46. The number of hydrogen-bond acceptors (Lipinski definition) is 1. The summed E-state index contributed by atoms with van der Waals surface area (Å²) >= 11 is 43.7. The molecule has 0 aliphatic rings. The van der Waals surface area contributed by atoms with Crippen molar-refractivity contribution >= 4 is 81.4 Å². The van der Waals surface area contributed by atoms with E-state index in [-0.39, 0.29) is 0 Å². The van der Waals surface area contributed by atoms with Gasteiger partial charge < -0.3 is 0 Å². The summed E-state index contributed by atoms with van der Waals surface area (Å²) in [4.78, 5) is 0. The molecule has 204 valence electrons. The van der Waals surface area contributed by atoms with E-state index in [0.29, 0.717) is 31.2 Å². The summed E-state index contributed by atoms with van der Waals surface area (Å²) in [6.45, 7) is 8.40. The third kappa shape index (κ3) is 5.71. The summed E-state index contributed by atoms with van der Waals surface area (Å²) in [6, 6.07) is 31.0. The van der Waals surface area contributed by atoms with Crippen LogP contribution in [0.3, 0.4) is 0 Å². The van der Waals surface area contributed by atoms with Crippen molar-refractivity contribution in [2.75, 3.05) is 0 Å². The van der Waals surface area contributed by atoms with Crippen molar-refractivity contribution in [3.8, 4) is 0 Å². The van der Waals surface area contributed by atoms with Crippen LogP contribution in [0, 0.1) is 0 Å². The van der Waals surface area contributed by atoms with Gasteiger partial charge in [-0.05, 0) is 35.4 Å². The Morgan fingerprint density at radius 2 is 0.821 bits per heavy atom. The molecule has 0 spiro atoms. The van der Waals surface area contributed by atoms with Gasteiger partial charge in [0.15, 0.2) is 0 Å². The number of alkyl halides is 2. The number of benzene rings is 4. The second-order valence-electron chi connectivity index (χ2n) is 10.5. The standard InChI is InChI=1S/C32H28Cl6S/c1-29(2,21-11-7-5-8-12-21)31(37,25-17-15-23(33)19-27(25)35)39-32(38,26-18-16-24(34)20-28(26)36)30(3,4)22-13-9-6-10-14-22/h5-20H,1-4H3. The molecule has 0 nitrogen and oxygen atoms in total. The van der Waals surface area contributed by atoms with E-state index in [1.165, 1.54) is 11.8 Å². The van der Waals surface area contributed by atoms with Gasteiger partial charge in [-0.15, -0.1) is 35.0 Å². The molecular weight excluding hydrogens is 629 g/mol. The number of thioether (sulfide) groups is 1. The van der Waals surface area contributed by atoms with Crippen LogP contribution < -0.4 is 0 Å². The first-order chi connectivity index (χ1) is 18.2. The van der Waals surface area contributed by atoms with Gasteiger partial charge in [0.1, 0.15) is 8.41 Å². The summed E-state index contributed by atoms with van der Waals surface area (Å²) in [5.41, 5.74) is 2.10. The van der Waals surface area contributed by atoms with Gasteiger partial charge in [0.2, 0.25) is 0 Å². The van der Waals surface area contributed by atoms with Crippen molar-refractivity contribution in [3.63, 3.8) is 0 Å². The predicted molar refractivity (Wildman–Crippen MR) is 175 cm³/mol. The highest BCUT2D eigenvalue weighted by Crippen LogP contribution is 2.68. The Kier molecular flexibility index (Phi) is 9.27. The Bertz CT molecular complexity index is 1340. The summed E-state index contributed by atoms with van der Waals surface area (Å²) in [7, 11) is 0. The average Bonchev–Trinajstić information content (AvgIpc) is 2.89. The predicted octanol–water partition coefficient (Wildman–Crippen LogP) is 12.5. The molecule has 0 amide bonds. The van der Waals surface area contributed by atoms with Gasteiger partial charge in [-0.2, -0.15) is 0 Å². The summed E-state index contributed by atoms with van der Waals surface area (Å²) in [6.07, 6.45) is 0. The molecule has 0 radical (unpaired) electrons. The second-order valence-corrected chi connectivity index (χ2v) is 15.2. The van der Waals surface area contributed by atoms with Crippen LogP contribution in [0.1, 0.15) is 49.9 Å². The topological polar surface area (TPSA) is 0 Å². The highest BCUT2D eigenvalue weighted by molar-refractivity contribution is 8.03. The monoisotopic (exact) mass is 654 g/mol. The van der Waals surface area contributed by atoms with Crippen molar-refractivity contribution in [2.24, 2.45) is 0 Å². The molecular formula is C32H28Cl6S. The first-order valence-electron chi connectivity index (χ1n) is 12.3. The lowest BCUT2D eigenvalue weighted by Gasteiger charge is -2.51. The highest BCUT2D eigenvalue weighted by atomic mass is 35.5. The van der Waals surface area contributed by atoms with E-state index in [1.807, 2.05) is 48.5 Å². The Morgan fingerprint density at radius 3 is 1.13 bits per heavy atom. The SMILES string of the molecule is CC(C)(c1ccccc1)C(Cl)(SC(Cl)(c1ccc(Cl)cc1Cl)C(C)(C)c1ccccc1)c1ccc(Cl)cc1Cl. The van der Waals surface area contributed by atoms with Crippen LogP contribution in [-0.2, 0) is 19.2 Å². The maximum atomic E-state index is 7.94. The molecule has 0 saturated heterocycles. The number of halogens is 6. The lowest BCUT2D eigenvalue weighted by molar-refractivity contribution is 0.440. The summed E-state index contributed by atoms with van der Waals surface area (Å²) in [5, 5.41) is 1.95. The zero-order valence-corrected chi connectivity index (χ0v) is 27.3. The number of rotatable bonds is 8. The van der Waals surface area contributed by atoms with E-state index in [1.54, 1.807) is 24.3 Å². The van der Waals surface area contributed by atoms with E-state index in [0.717, 1.165) is 11.1 Å². The Hall–Kier alpha value is -1.03. The first-order valence-corrected chi connectivity index (χ1v) is 15.4. The van der Waals surface area contributed by atoms with Crippen LogP contribution >= 0.6 is 81.4 Å². The molecule has 2 unspecified atom stereocenters. The van der Waals surface area contributed by atoms with E-state index < -0.39 is 19.2 Å². The molecule has 0 heterocycles. The number of hydrogen-bond donors (Lipinski definition) is 0. The van der Waals surface area contributed by atoms with Crippen molar-refractivity contribution in [1.82, 2.24) is 0 Å². The molecule has 7 heteroatoms. The van der Waals surface area contributed by atoms with Crippen molar-refractivity contribution in [1.29, 1.82) is 0 Å². The third-order valence-electron chi connectivity index (χ3n) is 7.44. The molecule has 4 aromatic carbocycles. The lowest BCUT2D eigenvalue weighted by atomic mass is 9.77. The molecule has 2 atom stereocenters. The van der Waals surface area contributed by atoms with Crippen LogP contribution in [0.15, 0.2) is 97.1 Å². The minimum Gasteiger partial charge on any atom is -0.104 e. The molecule has 0 bridgehead atoms. The molecule has 39 heavy (non-hydrogen) atoms. The van der Waals surface area contributed by atoms with Gasteiger partial charge in [0, 0.05) is 42.0 Å². The molecule has 0 saturated carbocycles. The van der Waals surface area contributed by atoms with E-state index in [2.05, 4.69) is 52.0 Å². The van der Waals surface area contributed by atoms with Crippen LogP contribution in [-0.4, -0.2) is 0 Å². The fourth-order valence-electron chi connectivity index (χ4n) is 4.81. The molecule has 4 rings (SSSR count). The molecule has 0 fully saturated rings. The van der Waals surface area contributed by atoms with Crippen LogP contribution in [0.2, 0.25) is 20.1 Å². The van der Waals surface area contributed by atoms with Crippen LogP contribution in [0.4, 0.5) is 0 Å². The fraction of sp³-hybridized carbons (Fsp3) is 0.250. The van der Waals surface area contributed by atoms with Crippen molar-refractivity contribution in [3.05, 3.63) is 139 Å².